The monoisotopic (exact) mass is 381 g/mol. The second-order valence-corrected chi connectivity index (χ2v) is 7.45. The average Bonchev–Trinajstić information content (AvgIpc) is 2.71. The maximum absolute atomic E-state index is 12.2. The molecular formula is C22H31N5O. The van der Waals surface area contributed by atoms with Crippen molar-refractivity contribution in [2.45, 2.75) is 52.9 Å². The minimum Gasteiger partial charge on any atom is -0.341 e. The standard InChI is InChI=1S/C22H31N5O/c1-4-17(5-2)21(28)25-19-11-9-18(10-12-19)24-20-15-16(3)23-22(26-20)27-13-7-6-8-14-27/h9-12,15,17H,4-8,13-14H2,1-3H3,(H,25,28)(H,23,24,26). The van der Waals surface area contributed by atoms with Crippen molar-refractivity contribution >= 4 is 29.0 Å². The molecule has 0 bridgehead atoms. The summed E-state index contributed by atoms with van der Waals surface area (Å²) in [7, 11) is 0. The zero-order valence-electron chi connectivity index (χ0n) is 17.2. The molecule has 0 unspecified atom stereocenters. The van der Waals surface area contributed by atoms with E-state index in [1.54, 1.807) is 0 Å². The van der Waals surface area contributed by atoms with Gasteiger partial charge in [0.25, 0.3) is 0 Å². The summed E-state index contributed by atoms with van der Waals surface area (Å²) in [5.74, 6) is 1.75. The summed E-state index contributed by atoms with van der Waals surface area (Å²) in [5, 5.41) is 6.36. The molecule has 3 rings (SSSR count). The van der Waals surface area contributed by atoms with Crippen molar-refractivity contribution in [2.24, 2.45) is 5.92 Å². The van der Waals surface area contributed by atoms with Gasteiger partial charge in [0.05, 0.1) is 0 Å². The van der Waals surface area contributed by atoms with Crippen LogP contribution in [0.4, 0.5) is 23.1 Å². The van der Waals surface area contributed by atoms with Crippen LogP contribution in [0.3, 0.4) is 0 Å². The van der Waals surface area contributed by atoms with Crippen LogP contribution in [-0.4, -0.2) is 29.0 Å². The lowest BCUT2D eigenvalue weighted by Gasteiger charge is -2.27. The fraction of sp³-hybridized carbons (Fsp3) is 0.500. The molecule has 0 spiro atoms. The van der Waals surface area contributed by atoms with Crippen molar-refractivity contribution in [3.05, 3.63) is 36.0 Å². The Bertz CT molecular complexity index is 780. The zero-order chi connectivity index (χ0) is 19.9. The highest BCUT2D eigenvalue weighted by molar-refractivity contribution is 5.92. The first-order valence-electron chi connectivity index (χ1n) is 10.4. The van der Waals surface area contributed by atoms with E-state index in [9.17, 15) is 4.79 Å². The van der Waals surface area contributed by atoms with E-state index in [0.717, 1.165) is 54.8 Å². The second-order valence-electron chi connectivity index (χ2n) is 7.45. The van der Waals surface area contributed by atoms with Crippen molar-refractivity contribution in [1.29, 1.82) is 0 Å². The van der Waals surface area contributed by atoms with E-state index < -0.39 is 0 Å². The molecule has 6 nitrogen and oxygen atoms in total. The summed E-state index contributed by atoms with van der Waals surface area (Å²) >= 11 is 0. The number of carbonyl (C=O) groups excluding carboxylic acids is 1. The number of nitrogens with one attached hydrogen (secondary N) is 2. The summed E-state index contributed by atoms with van der Waals surface area (Å²) in [6.45, 7) is 8.13. The van der Waals surface area contributed by atoms with Gasteiger partial charge in [-0.15, -0.1) is 0 Å². The lowest BCUT2D eigenvalue weighted by atomic mass is 10.0. The van der Waals surface area contributed by atoms with E-state index >= 15 is 0 Å². The van der Waals surface area contributed by atoms with Crippen molar-refractivity contribution in [3.8, 4) is 0 Å². The number of aryl methyl sites for hydroxylation is 1. The molecule has 1 fully saturated rings. The minimum atomic E-state index is 0.0648. The van der Waals surface area contributed by atoms with E-state index in [4.69, 9.17) is 4.98 Å². The number of benzene rings is 1. The SMILES string of the molecule is CCC(CC)C(=O)Nc1ccc(Nc2cc(C)nc(N3CCCCC3)n2)cc1. The third-order valence-corrected chi connectivity index (χ3v) is 5.26. The molecular weight excluding hydrogens is 350 g/mol. The molecule has 1 aromatic heterocycles. The van der Waals surface area contributed by atoms with Gasteiger partial charge < -0.3 is 15.5 Å². The molecule has 0 saturated carbocycles. The fourth-order valence-electron chi connectivity index (χ4n) is 3.54. The number of nitrogens with zero attached hydrogens (tertiary/aromatic N) is 3. The number of hydrogen-bond acceptors (Lipinski definition) is 5. The van der Waals surface area contributed by atoms with Crippen LogP contribution in [0.5, 0.6) is 0 Å². The Morgan fingerprint density at radius 3 is 2.32 bits per heavy atom. The molecule has 28 heavy (non-hydrogen) atoms. The summed E-state index contributed by atoms with van der Waals surface area (Å²) < 4.78 is 0. The number of amides is 1. The van der Waals surface area contributed by atoms with Gasteiger partial charge in [0, 0.05) is 42.1 Å². The molecule has 2 heterocycles. The molecule has 0 radical (unpaired) electrons. The lowest BCUT2D eigenvalue weighted by Crippen LogP contribution is -2.31. The van der Waals surface area contributed by atoms with Crippen molar-refractivity contribution in [3.63, 3.8) is 0 Å². The smallest absolute Gasteiger partial charge is 0.227 e. The number of hydrogen-bond donors (Lipinski definition) is 2. The van der Waals surface area contributed by atoms with Crippen LogP contribution in [-0.2, 0) is 4.79 Å². The Labute approximate surface area is 167 Å². The van der Waals surface area contributed by atoms with Gasteiger partial charge in [-0.05, 0) is 63.3 Å². The summed E-state index contributed by atoms with van der Waals surface area (Å²) in [6, 6.07) is 9.71. The molecule has 1 saturated heterocycles. The Balaban J connectivity index is 1.67. The van der Waals surface area contributed by atoms with E-state index in [2.05, 4.69) is 20.5 Å². The first kappa shape index (κ1) is 20.1. The van der Waals surface area contributed by atoms with E-state index in [1.165, 1.54) is 19.3 Å². The number of anilines is 4. The highest BCUT2D eigenvalue weighted by Gasteiger charge is 2.15. The molecule has 6 heteroatoms. The quantitative estimate of drug-likeness (QED) is 0.714. The number of aromatic nitrogens is 2. The van der Waals surface area contributed by atoms with Crippen LogP contribution in [0.1, 0.15) is 51.6 Å². The molecule has 2 aromatic rings. The van der Waals surface area contributed by atoms with Crippen LogP contribution < -0.4 is 15.5 Å². The van der Waals surface area contributed by atoms with Crippen LogP contribution in [0.25, 0.3) is 0 Å². The van der Waals surface area contributed by atoms with Crippen molar-refractivity contribution in [1.82, 2.24) is 9.97 Å². The van der Waals surface area contributed by atoms with Gasteiger partial charge in [0.15, 0.2) is 0 Å². The van der Waals surface area contributed by atoms with E-state index in [-0.39, 0.29) is 11.8 Å². The topological polar surface area (TPSA) is 70.2 Å². The van der Waals surface area contributed by atoms with Gasteiger partial charge >= 0.3 is 0 Å². The summed E-state index contributed by atoms with van der Waals surface area (Å²) in [5.41, 5.74) is 2.70. The summed E-state index contributed by atoms with van der Waals surface area (Å²) in [4.78, 5) is 23.8. The van der Waals surface area contributed by atoms with Gasteiger partial charge in [-0.2, -0.15) is 4.98 Å². The average molecular weight is 382 g/mol. The fourth-order valence-corrected chi connectivity index (χ4v) is 3.54. The Morgan fingerprint density at radius 1 is 1.04 bits per heavy atom. The van der Waals surface area contributed by atoms with Gasteiger partial charge in [-0.3, -0.25) is 4.79 Å². The third-order valence-electron chi connectivity index (χ3n) is 5.26. The molecule has 150 valence electrons. The maximum atomic E-state index is 12.2. The van der Waals surface area contributed by atoms with Crippen molar-refractivity contribution < 1.29 is 4.79 Å². The minimum absolute atomic E-state index is 0.0648. The van der Waals surface area contributed by atoms with E-state index in [1.807, 2.05) is 51.1 Å². The number of piperidine rings is 1. The molecule has 1 aliphatic heterocycles. The predicted molar refractivity (Wildman–Crippen MR) is 115 cm³/mol. The Kier molecular flexibility index (Phi) is 6.85. The number of rotatable bonds is 7. The second kappa shape index (κ2) is 9.53. The highest BCUT2D eigenvalue weighted by atomic mass is 16.1. The van der Waals surface area contributed by atoms with E-state index in [0.29, 0.717) is 0 Å². The highest BCUT2D eigenvalue weighted by Crippen LogP contribution is 2.22. The molecule has 0 aliphatic carbocycles. The molecule has 1 aromatic carbocycles. The molecule has 1 amide bonds. The first-order chi connectivity index (χ1) is 13.6. The van der Waals surface area contributed by atoms with Crippen LogP contribution >= 0.6 is 0 Å². The van der Waals surface area contributed by atoms with Crippen LogP contribution in [0.2, 0.25) is 0 Å². The molecule has 1 aliphatic rings. The maximum Gasteiger partial charge on any atom is 0.227 e. The normalized spacial score (nSPS) is 14.2. The largest absolute Gasteiger partial charge is 0.341 e. The van der Waals surface area contributed by atoms with Crippen LogP contribution in [0, 0.1) is 12.8 Å². The van der Waals surface area contributed by atoms with Crippen LogP contribution in [0.15, 0.2) is 30.3 Å². The number of carbonyl (C=O) groups is 1. The zero-order valence-corrected chi connectivity index (χ0v) is 17.2. The molecule has 2 N–H and O–H groups in total. The Morgan fingerprint density at radius 2 is 1.68 bits per heavy atom. The first-order valence-corrected chi connectivity index (χ1v) is 10.4. The van der Waals surface area contributed by atoms with Gasteiger partial charge in [0.1, 0.15) is 5.82 Å². The molecule has 0 atom stereocenters. The van der Waals surface area contributed by atoms with Gasteiger partial charge in [-0.25, -0.2) is 4.98 Å². The lowest BCUT2D eigenvalue weighted by molar-refractivity contribution is -0.120. The predicted octanol–water partition coefficient (Wildman–Crippen LogP) is 4.89. The Hall–Kier alpha value is -2.63. The third kappa shape index (κ3) is 5.21. The van der Waals surface area contributed by atoms with Gasteiger partial charge in [0.2, 0.25) is 11.9 Å². The summed E-state index contributed by atoms with van der Waals surface area (Å²) in [6.07, 6.45) is 5.39. The van der Waals surface area contributed by atoms with Crippen molar-refractivity contribution in [2.75, 3.05) is 28.6 Å². The van der Waals surface area contributed by atoms with Gasteiger partial charge in [-0.1, -0.05) is 13.8 Å².